The van der Waals surface area contributed by atoms with Gasteiger partial charge in [0.25, 0.3) is 5.91 Å². The Morgan fingerprint density at radius 2 is 2.04 bits per heavy atom. The molecule has 28 heavy (non-hydrogen) atoms. The summed E-state index contributed by atoms with van der Waals surface area (Å²) in [5, 5.41) is 7.68. The summed E-state index contributed by atoms with van der Waals surface area (Å²) < 4.78 is 2.04. The number of fused-ring (bicyclic) bond motifs is 1. The Morgan fingerprint density at radius 3 is 2.71 bits per heavy atom. The molecular weight excluding hydrogens is 372 g/mol. The van der Waals surface area contributed by atoms with Crippen LogP contribution in [0.25, 0.3) is 11.0 Å². The average Bonchev–Trinajstić information content (AvgIpc) is 3.28. The van der Waals surface area contributed by atoms with Crippen molar-refractivity contribution in [2.75, 3.05) is 0 Å². The first kappa shape index (κ1) is 20.1. The molecule has 0 saturated heterocycles. The van der Waals surface area contributed by atoms with Gasteiger partial charge in [0.05, 0.1) is 15.9 Å². The minimum Gasteiger partial charge on any atom is -0.350 e. The molecule has 1 aromatic carbocycles. The van der Waals surface area contributed by atoms with E-state index in [0.717, 1.165) is 22.4 Å². The first-order valence-corrected chi connectivity index (χ1v) is 10.3. The van der Waals surface area contributed by atoms with Crippen LogP contribution >= 0.6 is 11.3 Å². The second-order valence-electron chi connectivity index (χ2n) is 7.39. The minimum atomic E-state index is -0.560. The highest BCUT2D eigenvalue weighted by Gasteiger charge is 2.22. The van der Waals surface area contributed by atoms with Crippen LogP contribution < -0.4 is 10.6 Å². The highest BCUT2D eigenvalue weighted by Crippen LogP contribution is 2.16. The second kappa shape index (κ2) is 8.56. The third-order valence-electron chi connectivity index (χ3n) is 4.71. The largest absolute Gasteiger partial charge is 0.350 e. The molecule has 0 spiro atoms. The lowest BCUT2D eigenvalue weighted by Crippen LogP contribution is -2.47. The summed E-state index contributed by atoms with van der Waals surface area (Å²) >= 11 is 1.37. The summed E-state index contributed by atoms with van der Waals surface area (Å²) in [7, 11) is 1.99. The van der Waals surface area contributed by atoms with Gasteiger partial charge in [-0.05, 0) is 48.4 Å². The Kier molecular flexibility index (Phi) is 6.14. The van der Waals surface area contributed by atoms with Crippen LogP contribution in [0.3, 0.4) is 0 Å². The fourth-order valence-electron chi connectivity index (χ4n) is 3.13. The zero-order chi connectivity index (χ0) is 20.3. The Hall–Kier alpha value is -2.67. The Balaban J connectivity index is 1.66. The maximum absolute atomic E-state index is 12.7. The third-order valence-corrected chi connectivity index (χ3v) is 5.58. The SMILES string of the molecule is Cc1nc2cc(CNC(=O)C(CC(C)C)NC(=O)c3cccs3)ccc2n1C. The molecule has 3 rings (SSSR count). The number of imidazole rings is 1. The number of hydrogen-bond donors (Lipinski definition) is 2. The van der Waals surface area contributed by atoms with Crippen molar-refractivity contribution in [1.82, 2.24) is 20.2 Å². The number of aryl methyl sites for hydroxylation is 2. The molecule has 0 aliphatic rings. The van der Waals surface area contributed by atoms with E-state index in [1.807, 2.05) is 62.0 Å². The van der Waals surface area contributed by atoms with Gasteiger partial charge in [0.15, 0.2) is 0 Å². The summed E-state index contributed by atoms with van der Waals surface area (Å²) in [5.74, 6) is 0.855. The van der Waals surface area contributed by atoms with Gasteiger partial charge in [0.2, 0.25) is 5.91 Å². The number of nitrogens with one attached hydrogen (secondary N) is 2. The van der Waals surface area contributed by atoms with Gasteiger partial charge >= 0.3 is 0 Å². The Labute approximate surface area is 169 Å². The van der Waals surface area contributed by atoms with E-state index < -0.39 is 6.04 Å². The molecule has 7 heteroatoms. The summed E-state index contributed by atoms with van der Waals surface area (Å²) in [6.45, 7) is 6.44. The number of amides is 2. The standard InChI is InChI=1S/C21H26N4O2S/c1-13(2)10-17(24-21(27)19-6-5-9-28-19)20(26)22-12-15-7-8-18-16(11-15)23-14(3)25(18)4/h5-9,11,13,17H,10,12H2,1-4H3,(H,22,26)(H,24,27). The fourth-order valence-corrected chi connectivity index (χ4v) is 3.76. The number of rotatable bonds is 7. The van der Waals surface area contributed by atoms with E-state index in [4.69, 9.17) is 0 Å². The zero-order valence-electron chi connectivity index (χ0n) is 16.7. The smallest absolute Gasteiger partial charge is 0.261 e. The fraction of sp³-hybridized carbons (Fsp3) is 0.381. The molecule has 1 atom stereocenters. The molecule has 1 unspecified atom stereocenters. The lowest BCUT2D eigenvalue weighted by atomic mass is 10.0. The number of benzene rings is 1. The molecule has 2 aromatic heterocycles. The van der Waals surface area contributed by atoms with Crippen LogP contribution in [0.2, 0.25) is 0 Å². The van der Waals surface area contributed by atoms with Crippen LogP contribution in [0.1, 0.15) is 41.3 Å². The Bertz CT molecular complexity index is 976. The van der Waals surface area contributed by atoms with Gasteiger partial charge in [0, 0.05) is 13.6 Å². The van der Waals surface area contributed by atoms with Crippen molar-refractivity contribution in [1.29, 1.82) is 0 Å². The van der Waals surface area contributed by atoms with Crippen molar-refractivity contribution in [3.8, 4) is 0 Å². The molecular formula is C21H26N4O2S. The van der Waals surface area contributed by atoms with Gasteiger partial charge in [0.1, 0.15) is 11.9 Å². The van der Waals surface area contributed by atoms with Crippen molar-refractivity contribution in [2.24, 2.45) is 13.0 Å². The van der Waals surface area contributed by atoms with E-state index in [0.29, 0.717) is 17.8 Å². The third kappa shape index (κ3) is 4.59. The maximum Gasteiger partial charge on any atom is 0.261 e. The number of thiophene rings is 1. The highest BCUT2D eigenvalue weighted by atomic mass is 32.1. The quantitative estimate of drug-likeness (QED) is 0.640. The van der Waals surface area contributed by atoms with Crippen LogP contribution in [0.5, 0.6) is 0 Å². The predicted octanol–water partition coefficient (Wildman–Crippen LogP) is 3.40. The van der Waals surface area contributed by atoms with Gasteiger partial charge in [-0.3, -0.25) is 9.59 Å². The van der Waals surface area contributed by atoms with Crippen LogP contribution in [-0.2, 0) is 18.4 Å². The molecule has 3 aromatic rings. The highest BCUT2D eigenvalue weighted by molar-refractivity contribution is 7.12. The Morgan fingerprint density at radius 1 is 1.25 bits per heavy atom. The van der Waals surface area contributed by atoms with Gasteiger partial charge < -0.3 is 15.2 Å². The molecule has 148 valence electrons. The van der Waals surface area contributed by atoms with Crippen LogP contribution in [0.4, 0.5) is 0 Å². The predicted molar refractivity (Wildman–Crippen MR) is 112 cm³/mol. The lowest BCUT2D eigenvalue weighted by Gasteiger charge is -2.20. The summed E-state index contributed by atoms with van der Waals surface area (Å²) in [4.78, 5) is 30.2. The van der Waals surface area contributed by atoms with E-state index in [-0.39, 0.29) is 17.7 Å². The zero-order valence-corrected chi connectivity index (χ0v) is 17.5. The van der Waals surface area contributed by atoms with Crippen LogP contribution in [0, 0.1) is 12.8 Å². The molecule has 0 aliphatic heterocycles. The van der Waals surface area contributed by atoms with Crippen molar-refractivity contribution in [3.63, 3.8) is 0 Å². The van der Waals surface area contributed by atoms with E-state index in [1.165, 1.54) is 11.3 Å². The average molecular weight is 399 g/mol. The molecule has 0 fully saturated rings. The van der Waals surface area contributed by atoms with E-state index >= 15 is 0 Å². The molecule has 0 saturated carbocycles. The van der Waals surface area contributed by atoms with Crippen molar-refractivity contribution in [3.05, 3.63) is 52.0 Å². The number of hydrogen-bond acceptors (Lipinski definition) is 4. The summed E-state index contributed by atoms with van der Waals surface area (Å²) in [5.41, 5.74) is 2.96. The first-order chi connectivity index (χ1) is 13.3. The topological polar surface area (TPSA) is 76.0 Å². The minimum absolute atomic E-state index is 0.170. The van der Waals surface area contributed by atoms with E-state index in [2.05, 4.69) is 15.6 Å². The number of nitrogens with zero attached hydrogens (tertiary/aromatic N) is 2. The van der Waals surface area contributed by atoms with Crippen molar-refractivity contribution >= 4 is 34.2 Å². The van der Waals surface area contributed by atoms with Crippen molar-refractivity contribution in [2.45, 2.75) is 39.8 Å². The van der Waals surface area contributed by atoms with Gasteiger partial charge in [-0.15, -0.1) is 11.3 Å². The summed E-state index contributed by atoms with van der Waals surface area (Å²) in [6, 6.07) is 9.02. The van der Waals surface area contributed by atoms with Crippen LogP contribution in [-0.4, -0.2) is 27.4 Å². The molecule has 0 radical (unpaired) electrons. The number of aromatic nitrogens is 2. The van der Waals surface area contributed by atoms with Gasteiger partial charge in [-0.1, -0.05) is 26.0 Å². The first-order valence-electron chi connectivity index (χ1n) is 9.39. The van der Waals surface area contributed by atoms with Gasteiger partial charge in [-0.25, -0.2) is 4.98 Å². The molecule has 6 nitrogen and oxygen atoms in total. The van der Waals surface area contributed by atoms with Gasteiger partial charge in [-0.2, -0.15) is 0 Å². The van der Waals surface area contributed by atoms with Crippen molar-refractivity contribution < 1.29 is 9.59 Å². The summed E-state index contributed by atoms with van der Waals surface area (Å²) in [6.07, 6.45) is 0.585. The molecule has 2 N–H and O–H groups in total. The lowest BCUT2D eigenvalue weighted by molar-refractivity contribution is -0.123. The number of carbonyl (C=O) groups excluding carboxylic acids is 2. The second-order valence-corrected chi connectivity index (χ2v) is 8.34. The molecule has 0 aliphatic carbocycles. The molecule has 2 amide bonds. The maximum atomic E-state index is 12.7. The monoisotopic (exact) mass is 398 g/mol. The number of carbonyl (C=O) groups is 2. The molecule has 0 bridgehead atoms. The normalized spacial score (nSPS) is 12.3. The van der Waals surface area contributed by atoms with E-state index in [9.17, 15) is 9.59 Å². The van der Waals surface area contributed by atoms with Crippen LogP contribution in [0.15, 0.2) is 35.7 Å². The molecule has 2 heterocycles. The van der Waals surface area contributed by atoms with E-state index in [1.54, 1.807) is 6.07 Å².